The Balaban J connectivity index is 2.51. The van der Waals surface area contributed by atoms with Crippen LogP contribution in [0, 0.1) is 0 Å². The van der Waals surface area contributed by atoms with Crippen molar-refractivity contribution in [3.05, 3.63) is 34.0 Å². The summed E-state index contributed by atoms with van der Waals surface area (Å²) in [6.45, 7) is 2.09. The van der Waals surface area contributed by atoms with E-state index in [0.29, 0.717) is 15.6 Å². The fourth-order valence-corrected chi connectivity index (χ4v) is 2.12. The molecule has 0 amide bonds. The smallest absolute Gasteiger partial charge is 0.154 e. The standard InChI is InChI=1S/C12H13Cl2NO/c1-2-3-10(15)11-6-7-8(13)4-5-9(14)12(7)16-11/h4-6,10H,2-3,15H2,1H3. The highest BCUT2D eigenvalue weighted by atomic mass is 35.5. The molecule has 0 radical (unpaired) electrons. The van der Waals surface area contributed by atoms with Crippen LogP contribution in [0.4, 0.5) is 0 Å². The number of hydrogen-bond acceptors (Lipinski definition) is 2. The number of furan rings is 1. The lowest BCUT2D eigenvalue weighted by Gasteiger charge is -2.04. The molecule has 2 N–H and O–H groups in total. The molecular weight excluding hydrogens is 245 g/mol. The van der Waals surface area contributed by atoms with Gasteiger partial charge in [0.25, 0.3) is 0 Å². The second-order valence-corrected chi connectivity index (χ2v) is 4.63. The molecule has 4 heteroatoms. The highest BCUT2D eigenvalue weighted by molar-refractivity contribution is 6.39. The zero-order chi connectivity index (χ0) is 11.7. The van der Waals surface area contributed by atoms with Crippen molar-refractivity contribution in [3.63, 3.8) is 0 Å². The molecule has 1 aromatic heterocycles. The number of halogens is 2. The maximum Gasteiger partial charge on any atom is 0.154 e. The van der Waals surface area contributed by atoms with Crippen molar-refractivity contribution in [1.82, 2.24) is 0 Å². The Bertz CT molecular complexity index is 468. The predicted octanol–water partition coefficient (Wildman–Crippen LogP) is 4.54. The lowest BCUT2D eigenvalue weighted by atomic mass is 10.1. The number of nitrogens with two attached hydrogens (primary N) is 1. The monoisotopic (exact) mass is 257 g/mol. The molecule has 1 atom stereocenters. The minimum atomic E-state index is -0.0930. The van der Waals surface area contributed by atoms with Crippen LogP contribution in [0.1, 0.15) is 31.6 Å². The second kappa shape index (κ2) is 4.66. The van der Waals surface area contributed by atoms with Gasteiger partial charge in [0.05, 0.1) is 16.1 Å². The zero-order valence-corrected chi connectivity index (χ0v) is 10.5. The lowest BCUT2D eigenvalue weighted by Crippen LogP contribution is -2.08. The fourth-order valence-electron chi connectivity index (χ4n) is 1.71. The van der Waals surface area contributed by atoms with Crippen molar-refractivity contribution in [2.75, 3.05) is 0 Å². The Kier molecular flexibility index (Phi) is 3.43. The number of rotatable bonds is 3. The molecule has 1 unspecified atom stereocenters. The molecule has 0 aliphatic heterocycles. The van der Waals surface area contributed by atoms with Gasteiger partial charge >= 0.3 is 0 Å². The van der Waals surface area contributed by atoms with Crippen LogP contribution >= 0.6 is 23.2 Å². The van der Waals surface area contributed by atoms with E-state index in [4.69, 9.17) is 33.4 Å². The van der Waals surface area contributed by atoms with Crippen LogP contribution in [0.15, 0.2) is 22.6 Å². The van der Waals surface area contributed by atoms with E-state index < -0.39 is 0 Å². The van der Waals surface area contributed by atoms with E-state index in [1.54, 1.807) is 12.1 Å². The first-order valence-corrected chi connectivity index (χ1v) is 6.02. The summed E-state index contributed by atoms with van der Waals surface area (Å²) in [5.41, 5.74) is 6.61. The number of fused-ring (bicyclic) bond motifs is 1. The SMILES string of the molecule is CCCC(N)c1cc2c(Cl)ccc(Cl)c2o1. The van der Waals surface area contributed by atoms with Crippen LogP contribution in [0.5, 0.6) is 0 Å². The molecule has 2 rings (SSSR count). The van der Waals surface area contributed by atoms with E-state index >= 15 is 0 Å². The quantitative estimate of drug-likeness (QED) is 0.877. The molecule has 2 nitrogen and oxygen atoms in total. The third-order valence-corrected chi connectivity index (χ3v) is 3.19. The summed E-state index contributed by atoms with van der Waals surface area (Å²) in [6.07, 6.45) is 1.90. The summed E-state index contributed by atoms with van der Waals surface area (Å²) in [7, 11) is 0. The predicted molar refractivity (Wildman–Crippen MR) is 68.1 cm³/mol. The van der Waals surface area contributed by atoms with Gasteiger partial charge in [0.1, 0.15) is 5.76 Å². The van der Waals surface area contributed by atoms with Gasteiger partial charge in [0, 0.05) is 5.39 Å². The van der Waals surface area contributed by atoms with Gasteiger partial charge in [-0.3, -0.25) is 0 Å². The topological polar surface area (TPSA) is 39.2 Å². The minimum Gasteiger partial charge on any atom is -0.458 e. The Morgan fingerprint density at radius 2 is 2.00 bits per heavy atom. The van der Waals surface area contributed by atoms with Gasteiger partial charge in [-0.1, -0.05) is 36.5 Å². The molecule has 0 saturated carbocycles. The Labute approximate surface area is 104 Å². The highest BCUT2D eigenvalue weighted by Gasteiger charge is 2.14. The number of benzene rings is 1. The van der Waals surface area contributed by atoms with Crippen LogP contribution < -0.4 is 5.73 Å². The van der Waals surface area contributed by atoms with E-state index in [2.05, 4.69) is 6.92 Å². The lowest BCUT2D eigenvalue weighted by molar-refractivity contribution is 0.475. The summed E-state index contributed by atoms with van der Waals surface area (Å²) < 4.78 is 5.65. The van der Waals surface area contributed by atoms with Crippen LogP contribution in [-0.2, 0) is 0 Å². The van der Waals surface area contributed by atoms with Gasteiger partial charge in [-0.25, -0.2) is 0 Å². The molecule has 16 heavy (non-hydrogen) atoms. The number of hydrogen-bond donors (Lipinski definition) is 1. The average Bonchev–Trinajstić information content (AvgIpc) is 2.70. The summed E-state index contributed by atoms with van der Waals surface area (Å²) in [4.78, 5) is 0. The van der Waals surface area contributed by atoms with Crippen LogP contribution in [-0.4, -0.2) is 0 Å². The molecule has 0 saturated heterocycles. The summed E-state index contributed by atoms with van der Waals surface area (Å²) in [5, 5.41) is 2.03. The molecular formula is C12H13Cl2NO. The van der Waals surface area contributed by atoms with Crippen LogP contribution in [0.3, 0.4) is 0 Å². The molecule has 1 aromatic carbocycles. The third kappa shape index (κ3) is 2.05. The molecule has 0 spiro atoms. The summed E-state index contributed by atoms with van der Waals surface area (Å²) in [6, 6.07) is 5.27. The Morgan fingerprint density at radius 1 is 1.31 bits per heavy atom. The van der Waals surface area contributed by atoms with Crippen molar-refractivity contribution >= 4 is 34.2 Å². The zero-order valence-electron chi connectivity index (χ0n) is 8.97. The first kappa shape index (κ1) is 11.8. The van der Waals surface area contributed by atoms with Gasteiger partial charge in [-0.05, 0) is 24.6 Å². The van der Waals surface area contributed by atoms with Gasteiger partial charge in [-0.15, -0.1) is 0 Å². The third-order valence-electron chi connectivity index (χ3n) is 2.57. The van der Waals surface area contributed by atoms with Crippen molar-refractivity contribution in [3.8, 4) is 0 Å². The molecule has 0 aliphatic carbocycles. The maximum absolute atomic E-state index is 6.06. The molecule has 0 aliphatic rings. The van der Waals surface area contributed by atoms with Crippen LogP contribution in [0.2, 0.25) is 10.0 Å². The summed E-state index contributed by atoms with van der Waals surface area (Å²) in [5.74, 6) is 0.742. The Hall–Kier alpha value is -0.700. The van der Waals surface area contributed by atoms with Gasteiger partial charge < -0.3 is 10.2 Å². The van der Waals surface area contributed by atoms with Crippen molar-refractivity contribution in [2.24, 2.45) is 5.73 Å². The first-order chi connectivity index (χ1) is 7.63. The van der Waals surface area contributed by atoms with E-state index in [9.17, 15) is 0 Å². The summed E-state index contributed by atoms with van der Waals surface area (Å²) >= 11 is 12.1. The van der Waals surface area contributed by atoms with E-state index in [1.165, 1.54) is 0 Å². The van der Waals surface area contributed by atoms with E-state index in [-0.39, 0.29) is 6.04 Å². The first-order valence-electron chi connectivity index (χ1n) is 5.26. The fraction of sp³-hybridized carbons (Fsp3) is 0.333. The molecule has 2 aromatic rings. The van der Waals surface area contributed by atoms with Crippen molar-refractivity contribution in [2.45, 2.75) is 25.8 Å². The molecule has 86 valence electrons. The van der Waals surface area contributed by atoms with E-state index in [1.807, 2.05) is 6.07 Å². The normalized spacial score (nSPS) is 13.2. The minimum absolute atomic E-state index is 0.0930. The van der Waals surface area contributed by atoms with E-state index in [0.717, 1.165) is 24.0 Å². The molecule has 0 bridgehead atoms. The van der Waals surface area contributed by atoms with Crippen molar-refractivity contribution < 1.29 is 4.42 Å². The highest BCUT2D eigenvalue weighted by Crippen LogP contribution is 2.34. The molecule has 1 heterocycles. The van der Waals surface area contributed by atoms with Crippen molar-refractivity contribution in [1.29, 1.82) is 0 Å². The van der Waals surface area contributed by atoms with Gasteiger partial charge in [0.15, 0.2) is 5.58 Å². The molecule has 0 fully saturated rings. The van der Waals surface area contributed by atoms with Crippen LogP contribution in [0.25, 0.3) is 11.0 Å². The Morgan fingerprint density at radius 3 is 2.62 bits per heavy atom. The largest absolute Gasteiger partial charge is 0.458 e. The van der Waals surface area contributed by atoms with Gasteiger partial charge in [0.2, 0.25) is 0 Å². The maximum atomic E-state index is 6.06. The second-order valence-electron chi connectivity index (χ2n) is 3.82. The average molecular weight is 258 g/mol. The van der Waals surface area contributed by atoms with Gasteiger partial charge in [-0.2, -0.15) is 0 Å².